The predicted octanol–water partition coefficient (Wildman–Crippen LogP) is -0.306. The van der Waals surface area contributed by atoms with Crippen LogP contribution < -0.4 is 5.32 Å². The van der Waals surface area contributed by atoms with Gasteiger partial charge in [-0.25, -0.2) is 5.32 Å². The molecule has 1 aliphatic rings. The van der Waals surface area contributed by atoms with Gasteiger partial charge in [0, 0.05) is 13.1 Å². The summed E-state index contributed by atoms with van der Waals surface area (Å²) in [6, 6.07) is 0.118. The molecule has 1 aliphatic carbocycles. The minimum absolute atomic E-state index is 0.118. The zero-order valence-electron chi connectivity index (χ0n) is 4.66. The van der Waals surface area contributed by atoms with Crippen molar-refractivity contribution >= 4 is 5.97 Å². The minimum Gasteiger partial charge on any atom is -0.481 e. The van der Waals surface area contributed by atoms with E-state index in [1.807, 2.05) is 0 Å². The molecule has 0 aromatic carbocycles. The first-order valence-corrected chi connectivity index (χ1v) is 2.57. The lowest BCUT2D eigenvalue weighted by Gasteiger charge is -1.85. The maximum atomic E-state index is 10.1. The molecule has 0 amide bonds. The van der Waals surface area contributed by atoms with Crippen molar-refractivity contribution in [3.63, 3.8) is 0 Å². The summed E-state index contributed by atoms with van der Waals surface area (Å²) < 4.78 is 0. The largest absolute Gasteiger partial charge is 0.481 e. The van der Waals surface area contributed by atoms with Crippen LogP contribution in [0.25, 0.3) is 0 Å². The van der Waals surface area contributed by atoms with Crippen molar-refractivity contribution in [3.05, 3.63) is 0 Å². The van der Waals surface area contributed by atoms with Gasteiger partial charge >= 0.3 is 5.97 Å². The standard InChI is InChI=1S/C5H8NO2/c1-6-4-2-3(4)5(7)8/h3-4H,2H2,1H3,(H,7,8). The van der Waals surface area contributed by atoms with E-state index in [9.17, 15) is 4.79 Å². The Morgan fingerprint density at radius 2 is 2.50 bits per heavy atom. The van der Waals surface area contributed by atoms with Crippen LogP contribution in [0.3, 0.4) is 0 Å². The van der Waals surface area contributed by atoms with Crippen molar-refractivity contribution in [3.8, 4) is 0 Å². The zero-order valence-corrected chi connectivity index (χ0v) is 4.66. The summed E-state index contributed by atoms with van der Waals surface area (Å²) in [5, 5.41) is 12.1. The molecule has 1 fully saturated rings. The highest BCUT2D eigenvalue weighted by atomic mass is 16.4. The Morgan fingerprint density at radius 1 is 1.88 bits per heavy atom. The lowest BCUT2D eigenvalue weighted by atomic mass is 10.4. The second-order valence-electron chi connectivity index (χ2n) is 2.01. The van der Waals surface area contributed by atoms with E-state index in [-0.39, 0.29) is 12.0 Å². The average molecular weight is 114 g/mol. The summed E-state index contributed by atoms with van der Waals surface area (Å²) in [5.41, 5.74) is 0. The Hall–Kier alpha value is -0.570. The normalized spacial score (nSPS) is 34.6. The molecule has 0 aromatic rings. The van der Waals surface area contributed by atoms with Gasteiger partial charge in [-0.2, -0.15) is 0 Å². The van der Waals surface area contributed by atoms with Crippen molar-refractivity contribution in [2.75, 3.05) is 7.05 Å². The zero-order chi connectivity index (χ0) is 6.15. The molecule has 2 atom stereocenters. The van der Waals surface area contributed by atoms with Gasteiger partial charge in [0.05, 0.1) is 5.92 Å². The maximum absolute atomic E-state index is 10.1. The molecule has 45 valence electrons. The van der Waals surface area contributed by atoms with E-state index in [4.69, 9.17) is 5.11 Å². The molecule has 1 rings (SSSR count). The lowest BCUT2D eigenvalue weighted by Crippen LogP contribution is -2.08. The Balaban J connectivity index is 2.26. The Morgan fingerprint density at radius 3 is 2.62 bits per heavy atom. The quantitative estimate of drug-likeness (QED) is 0.535. The third-order valence-corrected chi connectivity index (χ3v) is 1.41. The number of hydrogen-bond acceptors (Lipinski definition) is 1. The molecule has 3 heteroatoms. The van der Waals surface area contributed by atoms with Gasteiger partial charge in [-0.1, -0.05) is 0 Å². The highest BCUT2D eigenvalue weighted by Gasteiger charge is 2.42. The topological polar surface area (TPSA) is 51.4 Å². The van der Waals surface area contributed by atoms with Gasteiger partial charge in [0.25, 0.3) is 0 Å². The number of rotatable bonds is 2. The Labute approximate surface area is 47.7 Å². The summed E-state index contributed by atoms with van der Waals surface area (Å²) in [7, 11) is 1.66. The molecular weight excluding hydrogens is 106 g/mol. The van der Waals surface area contributed by atoms with Gasteiger partial charge < -0.3 is 5.11 Å². The fraction of sp³-hybridized carbons (Fsp3) is 0.800. The number of nitrogens with zero attached hydrogens (tertiary/aromatic N) is 1. The molecule has 1 saturated carbocycles. The van der Waals surface area contributed by atoms with Crippen LogP contribution in [0.4, 0.5) is 0 Å². The van der Waals surface area contributed by atoms with Crippen LogP contribution >= 0.6 is 0 Å². The summed E-state index contributed by atoms with van der Waals surface area (Å²) in [5.74, 6) is -0.874. The monoisotopic (exact) mass is 114 g/mol. The summed E-state index contributed by atoms with van der Waals surface area (Å²) in [4.78, 5) is 10.1. The van der Waals surface area contributed by atoms with E-state index < -0.39 is 5.97 Å². The SMILES string of the molecule is C[N]C1CC1C(=O)O. The lowest BCUT2D eigenvalue weighted by molar-refractivity contribution is -0.138. The highest BCUT2D eigenvalue weighted by Crippen LogP contribution is 2.30. The number of carbonyl (C=O) groups is 1. The first-order valence-electron chi connectivity index (χ1n) is 2.57. The van der Waals surface area contributed by atoms with Crippen LogP contribution in [0.5, 0.6) is 0 Å². The van der Waals surface area contributed by atoms with E-state index in [2.05, 4.69) is 5.32 Å². The fourth-order valence-electron chi connectivity index (χ4n) is 0.732. The number of aliphatic carboxylic acids is 1. The summed E-state index contributed by atoms with van der Waals surface area (Å²) in [6.45, 7) is 0. The molecule has 0 aliphatic heterocycles. The van der Waals surface area contributed by atoms with E-state index in [1.54, 1.807) is 7.05 Å². The van der Waals surface area contributed by atoms with Crippen LogP contribution in [-0.4, -0.2) is 24.2 Å². The van der Waals surface area contributed by atoms with Crippen LogP contribution in [-0.2, 0) is 4.79 Å². The second-order valence-corrected chi connectivity index (χ2v) is 2.01. The van der Waals surface area contributed by atoms with Crippen molar-refractivity contribution in [2.24, 2.45) is 5.92 Å². The third-order valence-electron chi connectivity index (χ3n) is 1.41. The first kappa shape index (κ1) is 5.56. The molecular formula is C5H8NO2. The molecule has 0 heterocycles. The molecule has 1 N–H and O–H groups in total. The molecule has 0 saturated heterocycles. The molecule has 0 spiro atoms. The average Bonchev–Trinajstić information content (AvgIpc) is 2.42. The van der Waals surface area contributed by atoms with E-state index in [0.29, 0.717) is 0 Å². The molecule has 8 heavy (non-hydrogen) atoms. The minimum atomic E-state index is -0.708. The van der Waals surface area contributed by atoms with E-state index in [1.165, 1.54) is 0 Å². The van der Waals surface area contributed by atoms with Crippen LogP contribution in [0, 0.1) is 5.92 Å². The molecule has 0 bridgehead atoms. The molecule has 2 unspecified atom stereocenters. The smallest absolute Gasteiger partial charge is 0.308 e. The predicted molar refractivity (Wildman–Crippen MR) is 27.6 cm³/mol. The summed E-state index contributed by atoms with van der Waals surface area (Å²) in [6.07, 6.45) is 0.742. The van der Waals surface area contributed by atoms with E-state index in [0.717, 1.165) is 6.42 Å². The number of hydrogen-bond donors (Lipinski definition) is 1. The van der Waals surface area contributed by atoms with E-state index >= 15 is 0 Å². The molecule has 0 aromatic heterocycles. The van der Waals surface area contributed by atoms with Gasteiger partial charge in [-0.3, -0.25) is 4.79 Å². The third kappa shape index (κ3) is 0.816. The Kier molecular flexibility index (Phi) is 1.21. The van der Waals surface area contributed by atoms with Gasteiger partial charge in [0.15, 0.2) is 0 Å². The van der Waals surface area contributed by atoms with Crippen molar-refractivity contribution in [1.29, 1.82) is 0 Å². The van der Waals surface area contributed by atoms with Gasteiger partial charge in [0.2, 0.25) is 0 Å². The van der Waals surface area contributed by atoms with Crippen molar-refractivity contribution in [2.45, 2.75) is 12.5 Å². The molecule has 1 radical (unpaired) electrons. The Bertz CT molecular complexity index is 113. The maximum Gasteiger partial charge on any atom is 0.308 e. The van der Waals surface area contributed by atoms with Gasteiger partial charge in [-0.05, 0) is 6.42 Å². The first-order chi connectivity index (χ1) is 3.75. The van der Waals surface area contributed by atoms with Gasteiger partial charge in [0.1, 0.15) is 0 Å². The van der Waals surface area contributed by atoms with Crippen molar-refractivity contribution < 1.29 is 9.90 Å². The highest BCUT2D eigenvalue weighted by molar-refractivity contribution is 5.74. The number of carboxylic acid groups (broad SMARTS) is 1. The van der Waals surface area contributed by atoms with Crippen LogP contribution in [0.15, 0.2) is 0 Å². The van der Waals surface area contributed by atoms with Crippen molar-refractivity contribution in [1.82, 2.24) is 5.32 Å². The fourth-order valence-corrected chi connectivity index (χ4v) is 0.732. The summed E-state index contributed by atoms with van der Waals surface area (Å²) >= 11 is 0. The van der Waals surface area contributed by atoms with Crippen LogP contribution in [0.2, 0.25) is 0 Å². The second kappa shape index (κ2) is 1.74. The van der Waals surface area contributed by atoms with Crippen LogP contribution in [0.1, 0.15) is 6.42 Å². The number of carboxylic acids is 1. The molecule has 3 nitrogen and oxygen atoms in total. The van der Waals surface area contributed by atoms with Gasteiger partial charge in [-0.15, -0.1) is 0 Å².